The first-order valence-corrected chi connectivity index (χ1v) is 7.19. The van der Waals surface area contributed by atoms with E-state index in [1.54, 1.807) is 6.07 Å². The molecule has 0 saturated heterocycles. The van der Waals surface area contributed by atoms with Gasteiger partial charge < -0.3 is 14.9 Å². The van der Waals surface area contributed by atoms with Crippen LogP contribution in [0.2, 0.25) is 0 Å². The molecule has 0 unspecified atom stereocenters. The van der Waals surface area contributed by atoms with Crippen molar-refractivity contribution in [1.29, 1.82) is 0 Å². The number of hydrogen-bond acceptors (Lipinski definition) is 6. The second-order valence-electron chi connectivity index (χ2n) is 3.93. The van der Waals surface area contributed by atoms with Gasteiger partial charge in [0, 0.05) is 23.5 Å². The summed E-state index contributed by atoms with van der Waals surface area (Å²) < 4.78 is 4.89. The number of carboxylic acid groups (broad SMARTS) is 1. The smallest absolute Gasteiger partial charge is 0.338 e. The van der Waals surface area contributed by atoms with E-state index in [1.165, 1.54) is 18.1 Å². The summed E-state index contributed by atoms with van der Waals surface area (Å²) in [5.74, 6) is 0.418. The highest BCUT2D eigenvalue weighted by Crippen LogP contribution is 2.28. The Morgan fingerprint density at radius 2 is 2.35 bits per heavy atom. The van der Waals surface area contributed by atoms with Crippen LogP contribution in [0.3, 0.4) is 0 Å². The van der Waals surface area contributed by atoms with Crippen LogP contribution in [-0.2, 0) is 6.42 Å². The molecule has 0 saturated carbocycles. The lowest BCUT2D eigenvalue weighted by molar-refractivity contribution is 0.0694. The van der Waals surface area contributed by atoms with Crippen molar-refractivity contribution in [2.24, 2.45) is 0 Å². The van der Waals surface area contributed by atoms with Crippen molar-refractivity contribution in [2.75, 3.05) is 17.6 Å². The third-order valence-electron chi connectivity index (χ3n) is 2.60. The molecule has 0 aliphatic rings. The second kappa shape index (κ2) is 6.95. The van der Waals surface area contributed by atoms with E-state index in [4.69, 9.17) is 4.52 Å². The lowest BCUT2D eigenvalue weighted by atomic mass is 10.1. The van der Waals surface area contributed by atoms with Gasteiger partial charge in [0.1, 0.15) is 0 Å². The Hall–Kier alpha value is -2.02. The van der Waals surface area contributed by atoms with E-state index < -0.39 is 5.97 Å². The Labute approximate surface area is 120 Å². The molecule has 106 valence electrons. The van der Waals surface area contributed by atoms with Gasteiger partial charge in [-0.3, -0.25) is 0 Å². The third kappa shape index (κ3) is 3.51. The van der Waals surface area contributed by atoms with E-state index >= 15 is 0 Å². The predicted molar refractivity (Wildman–Crippen MR) is 76.3 cm³/mol. The normalized spacial score (nSPS) is 10.4. The van der Waals surface area contributed by atoms with E-state index in [1.807, 2.05) is 19.1 Å². The highest BCUT2D eigenvalue weighted by atomic mass is 32.2. The van der Waals surface area contributed by atoms with E-state index in [9.17, 15) is 9.90 Å². The van der Waals surface area contributed by atoms with Gasteiger partial charge in [0.25, 0.3) is 0 Å². The van der Waals surface area contributed by atoms with Gasteiger partial charge >= 0.3 is 5.97 Å². The monoisotopic (exact) mass is 293 g/mol. The molecule has 0 spiro atoms. The van der Waals surface area contributed by atoms with Crippen molar-refractivity contribution in [2.45, 2.75) is 18.2 Å². The van der Waals surface area contributed by atoms with E-state index in [2.05, 4.69) is 15.5 Å². The first kappa shape index (κ1) is 14.4. The van der Waals surface area contributed by atoms with Crippen LogP contribution in [0.4, 0.5) is 5.69 Å². The number of carbonyl (C=O) groups is 1. The molecule has 1 aromatic heterocycles. The molecule has 6 nitrogen and oxygen atoms in total. The molecule has 2 N–H and O–H groups in total. The SMILES string of the molecule is CCSc1cccc(NCCc2ncno2)c1C(=O)O. The maximum atomic E-state index is 11.4. The highest BCUT2D eigenvalue weighted by Gasteiger charge is 2.15. The van der Waals surface area contributed by atoms with Crippen molar-refractivity contribution in [3.63, 3.8) is 0 Å². The molecule has 1 aromatic carbocycles. The number of rotatable bonds is 7. The van der Waals surface area contributed by atoms with Crippen LogP contribution in [0.1, 0.15) is 23.2 Å². The molecule has 0 radical (unpaired) electrons. The summed E-state index contributed by atoms with van der Waals surface area (Å²) in [5.41, 5.74) is 0.917. The summed E-state index contributed by atoms with van der Waals surface area (Å²) in [6.45, 7) is 2.52. The van der Waals surface area contributed by atoms with Crippen molar-refractivity contribution in [3.8, 4) is 0 Å². The van der Waals surface area contributed by atoms with Gasteiger partial charge in [-0.25, -0.2) is 4.79 Å². The molecule has 0 amide bonds. The Morgan fingerprint density at radius 1 is 1.50 bits per heavy atom. The number of nitrogens with one attached hydrogen (secondary N) is 1. The molecular formula is C13H15N3O3S. The molecular weight excluding hydrogens is 278 g/mol. The van der Waals surface area contributed by atoms with Crippen molar-refractivity contribution < 1.29 is 14.4 Å². The van der Waals surface area contributed by atoms with Gasteiger partial charge in [-0.1, -0.05) is 18.1 Å². The van der Waals surface area contributed by atoms with Gasteiger partial charge in [0.05, 0.1) is 5.56 Å². The second-order valence-corrected chi connectivity index (χ2v) is 5.23. The molecule has 0 aliphatic heterocycles. The van der Waals surface area contributed by atoms with Gasteiger partial charge in [-0.05, 0) is 17.9 Å². The molecule has 1 heterocycles. The molecule has 7 heteroatoms. The summed E-state index contributed by atoms with van der Waals surface area (Å²) in [7, 11) is 0. The Bertz CT molecular complexity index is 572. The number of nitrogens with zero attached hydrogens (tertiary/aromatic N) is 2. The van der Waals surface area contributed by atoms with Crippen LogP contribution in [-0.4, -0.2) is 33.5 Å². The van der Waals surface area contributed by atoms with Gasteiger partial charge in [0.15, 0.2) is 6.33 Å². The minimum absolute atomic E-state index is 0.310. The average Bonchev–Trinajstić information content (AvgIpc) is 2.92. The summed E-state index contributed by atoms with van der Waals surface area (Å²) in [4.78, 5) is 16.1. The van der Waals surface area contributed by atoms with Crippen LogP contribution in [0.5, 0.6) is 0 Å². The van der Waals surface area contributed by atoms with Crippen LogP contribution >= 0.6 is 11.8 Å². The van der Waals surface area contributed by atoms with E-state index in [-0.39, 0.29) is 0 Å². The van der Waals surface area contributed by atoms with Gasteiger partial charge in [-0.2, -0.15) is 4.98 Å². The predicted octanol–water partition coefficient (Wildman–Crippen LogP) is 2.53. The Kier molecular flexibility index (Phi) is 5.00. The Balaban J connectivity index is 2.09. The lowest BCUT2D eigenvalue weighted by Crippen LogP contribution is -2.10. The maximum absolute atomic E-state index is 11.4. The number of thioether (sulfide) groups is 1. The standard InChI is InChI=1S/C13H15N3O3S/c1-2-20-10-5-3-4-9(12(10)13(17)18)14-7-6-11-15-8-16-19-11/h3-5,8,14H,2,6-7H2,1H3,(H,17,18). The lowest BCUT2D eigenvalue weighted by Gasteiger charge is -2.12. The van der Waals surface area contributed by atoms with Crippen molar-refractivity contribution in [1.82, 2.24) is 10.1 Å². The molecule has 0 bridgehead atoms. The van der Waals surface area contributed by atoms with Crippen molar-refractivity contribution >= 4 is 23.4 Å². The summed E-state index contributed by atoms with van der Waals surface area (Å²) in [6, 6.07) is 5.43. The minimum atomic E-state index is -0.929. The first-order chi connectivity index (χ1) is 9.72. The zero-order chi connectivity index (χ0) is 14.4. The number of hydrogen-bond donors (Lipinski definition) is 2. The number of aromatic nitrogens is 2. The van der Waals surface area contributed by atoms with E-state index in [0.29, 0.717) is 30.1 Å². The summed E-state index contributed by atoms with van der Waals surface area (Å²) in [5, 5.41) is 16.0. The summed E-state index contributed by atoms with van der Waals surface area (Å²) in [6.07, 6.45) is 1.89. The zero-order valence-corrected chi connectivity index (χ0v) is 11.8. The molecule has 20 heavy (non-hydrogen) atoms. The number of anilines is 1. The topological polar surface area (TPSA) is 88.3 Å². The fraction of sp³-hybridized carbons (Fsp3) is 0.308. The molecule has 0 atom stereocenters. The van der Waals surface area contributed by atoms with Gasteiger partial charge in [-0.15, -0.1) is 11.8 Å². The maximum Gasteiger partial charge on any atom is 0.338 e. The van der Waals surface area contributed by atoms with Crippen LogP contribution < -0.4 is 5.32 Å². The fourth-order valence-electron chi connectivity index (χ4n) is 1.79. The fourth-order valence-corrected chi connectivity index (χ4v) is 2.61. The summed E-state index contributed by atoms with van der Waals surface area (Å²) >= 11 is 1.51. The largest absolute Gasteiger partial charge is 0.478 e. The first-order valence-electron chi connectivity index (χ1n) is 6.21. The quantitative estimate of drug-likeness (QED) is 0.758. The van der Waals surface area contributed by atoms with Crippen molar-refractivity contribution in [3.05, 3.63) is 36.0 Å². The zero-order valence-electron chi connectivity index (χ0n) is 11.0. The molecule has 0 fully saturated rings. The van der Waals surface area contributed by atoms with Crippen LogP contribution in [0.15, 0.2) is 33.9 Å². The third-order valence-corrected chi connectivity index (χ3v) is 3.54. The van der Waals surface area contributed by atoms with Gasteiger partial charge in [0.2, 0.25) is 5.89 Å². The Morgan fingerprint density at radius 3 is 3.00 bits per heavy atom. The molecule has 0 aliphatic carbocycles. The molecule has 2 rings (SSSR count). The van der Waals surface area contributed by atoms with Crippen LogP contribution in [0, 0.1) is 0 Å². The number of aromatic carboxylic acids is 1. The number of benzene rings is 1. The minimum Gasteiger partial charge on any atom is -0.478 e. The highest BCUT2D eigenvalue weighted by molar-refractivity contribution is 7.99. The number of carboxylic acids is 1. The van der Waals surface area contributed by atoms with E-state index in [0.717, 1.165) is 10.6 Å². The van der Waals surface area contributed by atoms with Crippen LogP contribution in [0.25, 0.3) is 0 Å². The molecule has 2 aromatic rings. The average molecular weight is 293 g/mol.